The lowest BCUT2D eigenvalue weighted by Crippen LogP contribution is -2.31. The largest absolute Gasteiger partial charge is 0.332 e. The summed E-state index contributed by atoms with van der Waals surface area (Å²) in [5.41, 5.74) is 1.36. The standard InChI is InChI=1S/C22H21ClN2O3S2/c23-18-7-1-5-16(13-18)21-10-3-11-25(21)22(26)17-6-2-9-20(14-17)30(27,28)24-15-19-8-4-12-29-19/h1-2,4-9,12-14,21,24H,3,10-11,15H2. The average Bonchev–Trinajstić information content (AvgIpc) is 3.44. The van der Waals surface area contributed by atoms with E-state index in [1.165, 1.54) is 23.5 Å². The van der Waals surface area contributed by atoms with Gasteiger partial charge in [0.2, 0.25) is 10.0 Å². The summed E-state index contributed by atoms with van der Waals surface area (Å²) < 4.78 is 28.0. The first kappa shape index (κ1) is 21.1. The predicted molar refractivity (Wildman–Crippen MR) is 119 cm³/mol. The smallest absolute Gasteiger partial charge is 0.254 e. The van der Waals surface area contributed by atoms with Crippen molar-refractivity contribution in [2.75, 3.05) is 6.54 Å². The molecule has 156 valence electrons. The predicted octanol–water partition coefficient (Wildman–Crippen LogP) is 4.86. The SMILES string of the molecule is O=C(c1cccc(S(=O)(=O)NCc2cccs2)c1)N1CCCC1c1cccc(Cl)c1. The lowest BCUT2D eigenvalue weighted by molar-refractivity contribution is 0.0735. The summed E-state index contributed by atoms with van der Waals surface area (Å²) in [6.07, 6.45) is 1.75. The van der Waals surface area contributed by atoms with E-state index in [0.29, 0.717) is 17.1 Å². The van der Waals surface area contributed by atoms with Crippen molar-refractivity contribution in [3.63, 3.8) is 0 Å². The molecule has 1 aromatic heterocycles. The first-order chi connectivity index (χ1) is 14.4. The number of hydrogen-bond donors (Lipinski definition) is 1. The summed E-state index contributed by atoms with van der Waals surface area (Å²) in [5.74, 6) is -0.173. The number of benzene rings is 2. The monoisotopic (exact) mass is 460 g/mol. The molecular formula is C22H21ClN2O3S2. The van der Waals surface area contributed by atoms with Crippen molar-refractivity contribution in [2.45, 2.75) is 30.3 Å². The van der Waals surface area contributed by atoms with Gasteiger partial charge in [-0.05, 0) is 60.2 Å². The van der Waals surface area contributed by atoms with Gasteiger partial charge in [-0.3, -0.25) is 4.79 Å². The van der Waals surface area contributed by atoms with Gasteiger partial charge in [0.25, 0.3) is 5.91 Å². The minimum atomic E-state index is -3.72. The molecule has 1 unspecified atom stereocenters. The van der Waals surface area contributed by atoms with E-state index in [1.54, 1.807) is 17.0 Å². The van der Waals surface area contributed by atoms with E-state index in [2.05, 4.69) is 4.72 Å². The molecule has 0 saturated carbocycles. The molecule has 1 aliphatic heterocycles. The molecule has 1 fully saturated rings. The van der Waals surface area contributed by atoms with Crippen LogP contribution in [0.1, 0.15) is 39.7 Å². The summed E-state index contributed by atoms with van der Waals surface area (Å²) in [4.78, 5) is 16.0. The molecule has 3 aromatic rings. The van der Waals surface area contributed by atoms with Crippen molar-refractivity contribution >= 4 is 38.9 Å². The van der Waals surface area contributed by atoms with E-state index in [1.807, 2.05) is 41.8 Å². The zero-order valence-electron chi connectivity index (χ0n) is 16.1. The van der Waals surface area contributed by atoms with Crippen LogP contribution >= 0.6 is 22.9 Å². The molecule has 5 nitrogen and oxygen atoms in total. The number of hydrogen-bond acceptors (Lipinski definition) is 4. The van der Waals surface area contributed by atoms with Crippen molar-refractivity contribution < 1.29 is 13.2 Å². The van der Waals surface area contributed by atoms with Gasteiger partial charge in [-0.25, -0.2) is 13.1 Å². The molecule has 1 atom stereocenters. The van der Waals surface area contributed by atoms with Crippen molar-refractivity contribution in [3.8, 4) is 0 Å². The third-order valence-corrected chi connectivity index (χ3v) is 7.67. The average molecular weight is 461 g/mol. The fourth-order valence-electron chi connectivity index (χ4n) is 3.69. The number of amides is 1. The van der Waals surface area contributed by atoms with Gasteiger partial charge in [-0.2, -0.15) is 0 Å². The zero-order chi connectivity index (χ0) is 21.1. The molecular weight excluding hydrogens is 440 g/mol. The van der Waals surface area contributed by atoms with Gasteiger partial charge in [0.1, 0.15) is 0 Å². The Morgan fingerprint density at radius 3 is 2.73 bits per heavy atom. The van der Waals surface area contributed by atoms with Crippen LogP contribution in [0.15, 0.2) is 70.9 Å². The van der Waals surface area contributed by atoms with Crippen LogP contribution in [-0.4, -0.2) is 25.8 Å². The molecule has 0 aliphatic carbocycles. The third kappa shape index (κ3) is 4.59. The molecule has 0 bridgehead atoms. The summed E-state index contributed by atoms with van der Waals surface area (Å²) in [5, 5.41) is 2.53. The number of carbonyl (C=O) groups is 1. The van der Waals surface area contributed by atoms with Gasteiger partial charge in [-0.1, -0.05) is 35.9 Å². The fraction of sp³-hybridized carbons (Fsp3) is 0.227. The quantitative estimate of drug-likeness (QED) is 0.571. The number of sulfonamides is 1. The van der Waals surface area contributed by atoms with E-state index in [-0.39, 0.29) is 23.4 Å². The summed E-state index contributed by atoms with van der Waals surface area (Å²) in [6.45, 7) is 0.852. The number of likely N-dealkylation sites (tertiary alicyclic amines) is 1. The van der Waals surface area contributed by atoms with Gasteiger partial charge in [0, 0.05) is 28.6 Å². The van der Waals surface area contributed by atoms with Gasteiger partial charge >= 0.3 is 0 Å². The summed E-state index contributed by atoms with van der Waals surface area (Å²) in [6, 6.07) is 17.5. The number of rotatable bonds is 6. The Bertz CT molecular complexity index is 1150. The van der Waals surface area contributed by atoms with Crippen LogP contribution in [0.2, 0.25) is 5.02 Å². The Balaban J connectivity index is 1.54. The first-order valence-corrected chi connectivity index (χ1v) is 12.4. The highest BCUT2D eigenvalue weighted by molar-refractivity contribution is 7.89. The van der Waals surface area contributed by atoms with Gasteiger partial charge in [0.05, 0.1) is 10.9 Å². The van der Waals surface area contributed by atoms with Crippen LogP contribution in [0.25, 0.3) is 0 Å². The molecule has 4 rings (SSSR count). The van der Waals surface area contributed by atoms with Crippen LogP contribution in [0.5, 0.6) is 0 Å². The highest BCUT2D eigenvalue weighted by Gasteiger charge is 2.31. The molecule has 30 heavy (non-hydrogen) atoms. The van der Waals surface area contributed by atoms with E-state index in [0.717, 1.165) is 23.3 Å². The minimum Gasteiger partial charge on any atom is -0.332 e. The van der Waals surface area contributed by atoms with Crippen LogP contribution in [0.3, 0.4) is 0 Å². The Hall–Kier alpha value is -2.19. The van der Waals surface area contributed by atoms with Crippen molar-refractivity contribution in [3.05, 3.63) is 87.1 Å². The van der Waals surface area contributed by atoms with Crippen LogP contribution in [0, 0.1) is 0 Å². The topological polar surface area (TPSA) is 66.5 Å². The third-order valence-electron chi connectivity index (χ3n) is 5.15. The molecule has 2 aromatic carbocycles. The summed E-state index contributed by atoms with van der Waals surface area (Å²) in [7, 11) is -3.72. The van der Waals surface area contributed by atoms with Crippen molar-refractivity contribution in [2.24, 2.45) is 0 Å². The maximum Gasteiger partial charge on any atom is 0.254 e. The number of thiophene rings is 1. The second kappa shape index (κ2) is 8.89. The number of halogens is 1. The molecule has 2 heterocycles. The van der Waals surface area contributed by atoms with E-state index in [4.69, 9.17) is 11.6 Å². The molecule has 1 amide bonds. The first-order valence-electron chi connectivity index (χ1n) is 9.62. The normalized spacial score (nSPS) is 16.7. The Kier molecular flexibility index (Phi) is 6.24. The Morgan fingerprint density at radius 1 is 1.13 bits per heavy atom. The second-order valence-corrected chi connectivity index (χ2v) is 10.4. The summed E-state index contributed by atoms with van der Waals surface area (Å²) >= 11 is 7.61. The van der Waals surface area contributed by atoms with Crippen molar-refractivity contribution in [1.82, 2.24) is 9.62 Å². The number of nitrogens with zero attached hydrogens (tertiary/aromatic N) is 1. The fourth-order valence-corrected chi connectivity index (χ4v) is 5.68. The number of carbonyl (C=O) groups excluding carboxylic acids is 1. The maximum absolute atomic E-state index is 13.2. The highest BCUT2D eigenvalue weighted by Crippen LogP contribution is 2.34. The van der Waals surface area contributed by atoms with Crippen LogP contribution < -0.4 is 4.72 Å². The van der Waals surface area contributed by atoms with Gasteiger partial charge in [-0.15, -0.1) is 11.3 Å². The molecule has 1 aliphatic rings. The number of nitrogens with one attached hydrogen (secondary N) is 1. The zero-order valence-corrected chi connectivity index (χ0v) is 18.5. The molecule has 1 saturated heterocycles. The van der Waals surface area contributed by atoms with E-state index >= 15 is 0 Å². The van der Waals surface area contributed by atoms with Crippen LogP contribution in [0.4, 0.5) is 0 Å². The maximum atomic E-state index is 13.2. The van der Waals surface area contributed by atoms with Gasteiger partial charge in [0.15, 0.2) is 0 Å². The van der Waals surface area contributed by atoms with Crippen LogP contribution in [-0.2, 0) is 16.6 Å². The van der Waals surface area contributed by atoms with E-state index in [9.17, 15) is 13.2 Å². The Morgan fingerprint density at radius 2 is 1.97 bits per heavy atom. The molecule has 0 spiro atoms. The van der Waals surface area contributed by atoms with E-state index < -0.39 is 10.0 Å². The molecule has 8 heteroatoms. The molecule has 1 N–H and O–H groups in total. The van der Waals surface area contributed by atoms with Gasteiger partial charge < -0.3 is 4.90 Å². The highest BCUT2D eigenvalue weighted by atomic mass is 35.5. The van der Waals surface area contributed by atoms with Crippen molar-refractivity contribution in [1.29, 1.82) is 0 Å². The minimum absolute atomic E-state index is 0.0617. The molecule has 0 radical (unpaired) electrons. The Labute approximate surface area is 185 Å². The second-order valence-electron chi connectivity index (χ2n) is 7.14. The lowest BCUT2D eigenvalue weighted by atomic mass is 10.0. The lowest BCUT2D eigenvalue weighted by Gasteiger charge is -2.25.